The highest BCUT2D eigenvalue weighted by Crippen LogP contribution is 2.33. The Kier molecular flexibility index (Phi) is 6.15. The summed E-state index contributed by atoms with van der Waals surface area (Å²) in [5.41, 5.74) is 2.22. The predicted molar refractivity (Wildman–Crippen MR) is 106 cm³/mol. The van der Waals surface area contributed by atoms with Gasteiger partial charge in [0.2, 0.25) is 5.91 Å². The fourth-order valence-corrected chi connectivity index (χ4v) is 4.86. The molecule has 2 aliphatic rings. The van der Waals surface area contributed by atoms with Crippen molar-refractivity contribution in [3.63, 3.8) is 0 Å². The zero-order valence-corrected chi connectivity index (χ0v) is 15.9. The minimum atomic E-state index is 0. The molecule has 2 aromatic rings. The molecule has 0 saturated carbocycles. The number of hydrogen-bond acceptors (Lipinski definition) is 3. The molecule has 1 aromatic carbocycles. The standard InChI is InChI=1S/C20H24N2OS.ClH/c23-20(12-16-10-17-6-7-18(11-16)21-17)22(13-15-8-9-24-14-15)19-4-2-1-3-5-19;/h1-5,8-9,14,16-18,21H,6-7,10-13H2;1H. The summed E-state index contributed by atoms with van der Waals surface area (Å²) in [4.78, 5) is 15.0. The van der Waals surface area contributed by atoms with E-state index in [2.05, 4.69) is 22.1 Å². The van der Waals surface area contributed by atoms with Crippen molar-refractivity contribution < 1.29 is 4.79 Å². The van der Waals surface area contributed by atoms with E-state index in [-0.39, 0.29) is 18.3 Å². The van der Waals surface area contributed by atoms with Crippen LogP contribution in [-0.4, -0.2) is 18.0 Å². The maximum Gasteiger partial charge on any atom is 0.227 e. The first kappa shape index (κ1) is 18.4. The first-order valence-electron chi connectivity index (χ1n) is 8.90. The van der Waals surface area contributed by atoms with Crippen molar-refractivity contribution in [2.75, 3.05) is 4.90 Å². The van der Waals surface area contributed by atoms with Crippen LogP contribution in [-0.2, 0) is 11.3 Å². The fraction of sp³-hybridized carbons (Fsp3) is 0.450. The molecule has 2 saturated heterocycles. The maximum atomic E-state index is 13.1. The largest absolute Gasteiger partial charge is 0.311 e. The highest BCUT2D eigenvalue weighted by Gasteiger charge is 2.35. The lowest BCUT2D eigenvalue weighted by molar-refractivity contribution is -0.119. The van der Waals surface area contributed by atoms with E-state index in [0.29, 0.717) is 31.0 Å². The number of carbonyl (C=O) groups is 1. The molecule has 1 amide bonds. The van der Waals surface area contributed by atoms with Gasteiger partial charge in [0.05, 0.1) is 6.54 Å². The highest BCUT2D eigenvalue weighted by molar-refractivity contribution is 7.07. The van der Waals surface area contributed by atoms with Gasteiger partial charge in [-0.15, -0.1) is 12.4 Å². The fourth-order valence-electron chi connectivity index (χ4n) is 4.20. The molecule has 0 aliphatic carbocycles. The van der Waals surface area contributed by atoms with E-state index >= 15 is 0 Å². The Morgan fingerprint density at radius 1 is 1.12 bits per heavy atom. The molecule has 2 fully saturated rings. The van der Waals surface area contributed by atoms with Gasteiger partial charge in [-0.3, -0.25) is 4.79 Å². The van der Waals surface area contributed by atoms with E-state index in [0.717, 1.165) is 18.5 Å². The number of thiophene rings is 1. The Balaban J connectivity index is 0.00000182. The lowest BCUT2D eigenvalue weighted by atomic mass is 9.89. The number of rotatable bonds is 5. The molecule has 2 unspecified atom stereocenters. The molecule has 3 heterocycles. The molecule has 2 bridgehead atoms. The minimum absolute atomic E-state index is 0. The van der Waals surface area contributed by atoms with Crippen LogP contribution in [0, 0.1) is 5.92 Å². The van der Waals surface area contributed by atoms with Crippen LogP contribution < -0.4 is 10.2 Å². The normalized spacial score (nSPS) is 24.6. The zero-order chi connectivity index (χ0) is 16.4. The van der Waals surface area contributed by atoms with Crippen LogP contribution in [0.4, 0.5) is 5.69 Å². The average molecular weight is 377 g/mol. The number of benzene rings is 1. The summed E-state index contributed by atoms with van der Waals surface area (Å²) in [5.74, 6) is 0.795. The van der Waals surface area contributed by atoms with Gasteiger partial charge in [-0.25, -0.2) is 0 Å². The Morgan fingerprint density at radius 3 is 2.48 bits per heavy atom. The van der Waals surface area contributed by atoms with Gasteiger partial charge in [-0.05, 0) is 66.1 Å². The van der Waals surface area contributed by atoms with Crippen LogP contribution in [0.2, 0.25) is 0 Å². The monoisotopic (exact) mass is 376 g/mol. The first-order chi connectivity index (χ1) is 11.8. The maximum absolute atomic E-state index is 13.1. The lowest BCUT2D eigenvalue weighted by Gasteiger charge is -2.31. The summed E-state index contributed by atoms with van der Waals surface area (Å²) in [6, 6.07) is 13.5. The molecular weight excluding hydrogens is 352 g/mol. The number of para-hydroxylation sites is 1. The second-order valence-corrected chi connectivity index (χ2v) is 7.91. The van der Waals surface area contributed by atoms with Crippen molar-refractivity contribution in [3.8, 4) is 0 Å². The van der Waals surface area contributed by atoms with Crippen molar-refractivity contribution in [2.45, 2.75) is 50.7 Å². The Bertz CT molecular complexity index is 664. The van der Waals surface area contributed by atoms with E-state index in [1.807, 2.05) is 35.2 Å². The van der Waals surface area contributed by atoms with Crippen LogP contribution in [0.15, 0.2) is 47.2 Å². The number of carbonyl (C=O) groups excluding carboxylic acids is 1. The quantitative estimate of drug-likeness (QED) is 0.825. The molecule has 0 spiro atoms. The Hall–Kier alpha value is -1.36. The molecule has 25 heavy (non-hydrogen) atoms. The lowest BCUT2D eigenvalue weighted by Crippen LogP contribution is -2.40. The van der Waals surface area contributed by atoms with Gasteiger partial charge in [0, 0.05) is 24.2 Å². The van der Waals surface area contributed by atoms with Crippen LogP contribution in [0.25, 0.3) is 0 Å². The molecule has 4 rings (SSSR count). The number of halogens is 1. The highest BCUT2D eigenvalue weighted by atomic mass is 35.5. The molecule has 1 N–H and O–H groups in total. The van der Waals surface area contributed by atoms with Gasteiger partial charge in [0.25, 0.3) is 0 Å². The number of anilines is 1. The van der Waals surface area contributed by atoms with Crippen LogP contribution >= 0.6 is 23.7 Å². The van der Waals surface area contributed by atoms with Crippen molar-refractivity contribution in [1.29, 1.82) is 0 Å². The average Bonchev–Trinajstić information content (AvgIpc) is 3.23. The van der Waals surface area contributed by atoms with E-state index in [1.54, 1.807) is 11.3 Å². The molecule has 2 aliphatic heterocycles. The van der Waals surface area contributed by atoms with Gasteiger partial charge >= 0.3 is 0 Å². The van der Waals surface area contributed by atoms with E-state index in [4.69, 9.17) is 0 Å². The van der Waals surface area contributed by atoms with Gasteiger partial charge in [0.1, 0.15) is 0 Å². The summed E-state index contributed by atoms with van der Waals surface area (Å²) >= 11 is 1.69. The second-order valence-electron chi connectivity index (χ2n) is 7.13. The molecule has 2 atom stereocenters. The summed E-state index contributed by atoms with van der Waals surface area (Å²) in [6.07, 6.45) is 5.56. The van der Waals surface area contributed by atoms with Gasteiger partial charge in [-0.2, -0.15) is 11.3 Å². The smallest absolute Gasteiger partial charge is 0.227 e. The van der Waals surface area contributed by atoms with Gasteiger partial charge in [-0.1, -0.05) is 18.2 Å². The number of nitrogens with zero attached hydrogens (tertiary/aromatic N) is 1. The zero-order valence-electron chi connectivity index (χ0n) is 14.3. The van der Waals surface area contributed by atoms with Gasteiger partial charge in [0.15, 0.2) is 0 Å². The number of piperidine rings is 1. The molecule has 3 nitrogen and oxygen atoms in total. The summed E-state index contributed by atoms with van der Waals surface area (Å²) < 4.78 is 0. The molecule has 0 radical (unpaired) electrons. The Morgan fingerprint density at radius 2 is 1.84 bits per heavy atom. The van der Waals surface area contributed by atoms with Gasteiger partial charge < -0.3 is 10.2 Å². The number of hydrogen-bond donors (Lipinski definition) is 1. The van der Waals surface area contributed by atoms with Crippen LogP contribution in [0.1, 0.15) is 37.7 Å². The van der Waals surface area contributed by atoms with Crippen LogP contribution in [0.5, 0.6) is 0 Å². The summed E-state index contributed by atoms with van der Waals surface area (Å²) in [5, 5.41) is 7.88. The number of amides is 1. The van der Waals surface area contributed by atoms with E-state index < -0.39 is 0 Å². The minimum Gasteiger partial charge on any atom is -0.311 e. The third-order valence-corrected chi connectivity index (χ3v) is 6.06. The van der Waals surface area contributed by atoms with Crippen molar-refractivity contribution in [3.05, 3.63) is 52.7 Å². The van der Waals surface area contributed by atoms with Crippen molar-refractivity contribution in [2.24, 2.45) is 5.92 Å². The number of nitrogens with one attached hydrogen (secondary N) is 1. The molecule has 1 aromatic heterocycles. The SMILES string of the molecule is Cl.O=C(CC1CC2CCC(C1)N2)N(Cc1ccsc1)c1ccccc1. The third-order valence-electron chi connectivity index (χ3n) is 5.32. The first-order valence-corrected chi connectivity index (χ1v) is 9.85. The molecule has 134 valence electrons. The van der Waals surface area contributed by atoms with Crippen molar-refractivity contribution >= 4 is 35.3 Å². The van der Waals surface area contributed by atoms with Crippen molar-refractivity contribution in [1.82, 2.24) is 5.32 Å². The third kappa shape index (κ3) is 4.43. The van der Waals surface area contributed by atoms with E-state index in [1.165, 1.54) is 18.4 Å². The number of fused-ring (bicyclic) bond motifs is 2. The Labute approximate surface area is 159 Å². The molecule has 5 heteroatoms. The predicted octanol–water partition coefficient (Wildman–Crippen LogP) is 4.62. The second kappa shape index (κ2) is 8.35. The summed E-state index contributed by atoms with van der Waals surface area (Å²) in [7, 11) is 0. The topological polar surface area (TPSA) is 32.3 Å². The molecular formula is C20H25ClN2OS. The van der Waals surface area contributed by atoms with Crippen LogP contribution in [0.3, 0.4) is 0 Å². The summed E-state index contributed by atoms with van der Waals surface area (Å²) in [6.45, 7) is 0.671. The van der Waals surface area contributed by atoms with E-state index in [9.17, 15) is 4.79 Å².